The van der Waals surface area contributed by atoms with Crippen LogP contribution in [0.5, 0.6) is 0 Å². The molecule has 0 aliphatic rings. The summed E-state index contributed by atoms with van der Waals surface area (Å²) in [5.41, 5.74) is 4.22. The van der Waals surface area contributed by atoms with Crippen LogP contribution >= 0.6 is 11.3 Å². The molecule has 0 unspecified atom stereocenters. The number of hydrogen-bond donors (Lipinski definition) is 2. The Bertz CT molecular complexity index is 524. The summed E-state index contributed by atoms with van der Waals surface area (Å²) < 4.78 is 0. The highest BCUT2D eigenvalue weighted by Crippen LogP contribution is 2.17. The monoisotopic (exact) mass is 248 g/mol. The molecule has 1 amide bonds. The molecule has 0 radical (unpaired) electrons. The van der Waals surface area contributed by atoms with Gasteiger partial charge in [-0.15, -0.1) is 10.2 Å². The zero-order valence-corrected chi connectivity index (χ0v) is 10.3. The summed E-state index contributed by atoms with van der Waals surface area (Å²) in [5.74, 6) is -0.174. The van der Waals surface area contributed by atoms with E-state index in [0.717, 1.165) is 11.3 Å². The number of aryl methyl sites for hydroxylation is 1. The molecule has 0 atom stereocenters. The van der Waals surface area contributed by atoms with Gasteiger partial charge in [0.2, 0.25) is 5.13 Å². The van der Waals surface area contributed by atoms with E-state index < -0.39 is 0 Å². The molecule has 17 heavy (non-hydrogen) atoms. The third-order valence-electron chi connectivity index (χ3n) is 2.34. The lowest BCUT2D eigenvalue weighted by Gasteiger charge is -2.07. The summed E-state index contributed by atoms with van der Waals surface area (Å²) in [7, 11) is 1.85. The fraction of sp³-hybridized carbons (Fsp3) is 0.182. The Morgan fingerprint density at radius 3 is 2.82 bits per heavy atom. The summed E-state index contributed by atoms with van der Waals surface area (Å²) in [6.45, 7) is 1.95. The van der Waals surface area contributed by atoms with E-state index in [-0.39, 0.29) is 5.91 Å². The van der Waals surface area contributed by atoms with Gasteiger partial charge in [-0.1, -0.05) is 11.3 Å². The topological polar surface area (TPSA) is 66.9 Å². The number of amides is 1. The van der Waals surface area contributed by atoms with Crippen LogP contribution in [0.1, 0.15) is 15.9 Å². The molecule has 2 rings (SSSR count). The van der Waals surface area contributed by atoms with Crippen LogP contribution in [-0.2, 0) is 0 Å². The predicted octanol–water partition coefficient (Wildman–Crippen LogP) is 2.14. The number of nitrogens with zero attached hydrogens (tertiary/aromatic N) is 2. The average molecular weight is 248 g/mol. The maximum Gasteiger partial charge on any atom is 0.257 e. The van der Waals surface area contributed by atoms with Crippen molar-refractivity contribution in [2.24, 2.45) is 0 Å². The quantitative estimate of drug-likeness (QED) is 0.873. The van der Waals surface area contributed by atoms with E-state index in [1.165, 1.54) is 11.3 Å². The standard InChI is InChI=1S/C11H12N4OS/c1-7-5-8(3-4-9(7)12-2)10(16)14-11-15-13-6-17-11/h3-6,12H,1-2H3,(H,14,15,16). The lowest BCUT2D eigenvalue weighted by atomic mass is 10.1. The first kappa shape index (κ1) is 11.5. The number of carbonyl (C=O) groups is 1. The minimum Gasteiger partial charge on any atom is -0.388 e. The van der Waals surface area contributed by atoms with Gasteiger partial charge in [0, 0.05) is 18.3 Å². The Labute approximate surface area is 103 Å². The molecule has 88 valence electrons. The molecule has 0 saturated carbocycles. The molecule has 6 heteroatoms. The van der Waals surface area contributed by atoms with Crippen molar-refractivity contribution in [3.63, 3.8) is 0 Å². The second kappa shape index (κ2) is 4.92. The van der Waals surface area contributed by atoms with Crippen molar-refractivity contribution in [3.05, 3.63) is 34.8 Å². The van der Waals surface area contributed by atoms with Crippen molar-refractivity contribution in [2.75, 3.05) is 17.7 Å². The van der Waals surface area contributed by atoms with Gasteiger partial charge in [0.25, 0.3) is 5.91 Å². The minimum atomic E-state index is -0.174. The van der Waals surface area contributed by atoms with Gasteiger partial charge in [-0.05, 0) is 30.7 Å². The number of hydrogen-bond acceptors (Lipinski definition) is 5. The third kappa shape index (κ3) is 2.59. The molecule has 1 aromatic carbocycles. The Morgan fingerprint density at radius 2 is 2.24 bits per heavy atom. The van der Waals surface area contributed by atoms with E-state index in [1.807, 2.05) is 26.1 Å². The van der Waals surface area contributed by atoms with Gasteiger partial charge >= 0.3 is 0 Å². The maximum absolute atomic E-state index is 11.9. The molecule has 0 spiro atoms. The molecule has 0 fully saturated rings. The highest BCUT2D eigenvalue weighted by molar-refractivity contribution is 7.13. The van der Waals surface area contributed by atoms with E-state index in [0.29, 0.717) is 10.7 Å². The molecule has 0 bridgehead atoms. The largest absolute Gasteiger partial charge is 0.388 e. The predicted molar refractivity (Wildman–Crippen MR) is 68.6 cm³/mol. The first-order valence-electron chi connectivity index (χ1n) is 5.06. The van der Waals surface area contributed by atoms with E-state index in [4.69, 9.17) is 0 Å². The van der Waals surface area contributed by atoms with Crippen LogP contribution < -0.4 is 10.6 Å². The van der Waals surface area contributed by atoms with Gasteiger partial charge in [0.1, 0.15) is 5.51 Å². The number of rotatable bonds is 3. The first-order valence-corrected chi connectivity index (χ1v) is 5.94. The Hall–Kier alpha value is -1.95. The van der Waals surface area contributed by atoms with E-state index in [9.17, 15) is 4.79 Å². The number of benzene rings is 1. The van der Waals surface area contributed by atoms with Gasteiger partial charge in [0.15, 0.2) is 0 Å². The van der Waals surface area contributed by atoms with E-state index in [1.54, 1.807) is 11.6 Å². The summed E-state index contributed by atoms with van der Waals surface area (Å²) in [4.78, 5) is 11.9. The molecule has 0 aliphatic carbocycles. The SMILES string of the molecule is CNc1ccc(C(=O)Nc2nncs2)cc1C. The van der Waals surface area contributed by atoms with Crippen molar-refractivity contribution >= 4 is 28.1 Å². The highest BCUT2D eigenvalue weighted by Gasteiger charge is 2.09. The number of aromatic nitrogens is 2. The smallest absolute Gasteiger partial charge is 0.257 e. The van der Waals surface area contributed by atoms with Gasteiger partial charge in [-0.3, -0.25) is 10.1 Å². The van der Waals surface area contributed by atoms with Crippen LogP contribution in [-0.4, -0.2) is 23.2 Å². The molecule has 1 aromatic heterocycles. The van der Waals surface area contributed by atoms with Crippen LogP contribution in [0.2, 0.25) is 0 Å². The molecule has 5 nitrogen and oxygen atoms in total. The fourth-order valence-corrected chi connectivity index (χ4v) is 1.92. The molecule has 0 aliphatic heterocycles. The molecule has 2 N–H and O–H groups in total. The maximum atomic E-state index is 11.9. The Morgan fingerprint density at radius 1 is 1.41 bits per heavy atom. The van der Waals surface area contributed by atoms with Crippen molar-refractivity contribution < 1.29 is 4.79 Å². The molecular formula is C11H12N4OS. The van der Waals surface area contributed by atoms with E-state index in [2.05, 4.69) is 20.8 Å². The number of nitrogens with one attached hydrogen (secondary N) is 2. The highest BCUT2D eigenvalue weighted by atomic mass is 32.1. The van der Waals surface area contributed by atoms with Crippen molar-refractivity contribution in [1.82, 2.24) is 10.2 Å². The summed E-state index contributed by atoms with van der Waals surface area (Å²) in [5, 5.41) is 13.7. The summed E-state index contributed by atoms with van der Waals surface area (Å²) >= 11 is 1.29. The number of anilines is 2. The van der Waals surface area contributed by atoms with Crippen LogP contribution in [0.4, 0.5) is 10.8 Å². The van der Waals surface area contributed by atoms with Crippen LogP contribution in [0.25, 0.3) is 0 Å². The van der Waals surface area contributed by atoms with Crippen LogP contribution in [0, 0.1) is 6.92 Å². The van der Waals surface area contributed by atoms with Gasteiger partial charge in [-0.25, -0.2) is 0 Å². The zero-order valence-electron chi connectivity index (χ0n) is 9.52. The first-order chi connectivity index (χ1) is 8.20. The molecule has 0 saturated heterocycles. The van der Waals surface area contributed by atoms with Crippen molar-refractivity contribution in [2.45, 2.75) is 6.92 Å². The average Bonchev–Trinajstić information content (AvgIpc) is 2.81. The zero-order chi connectivity index (χ0) is 12.3. The van der Waals surface area contributed by atoms with Gasteiger partial charge in [-0.2, -0.15) is 0 Å². The van der Waals surface area contributed by atoms with Crippen molar-refractivity contribution in [3.8, 4) is 0 Å². The van der Waals surface area contributed by atoms with Crippen molar-refractivity contribution in [1.29, 1.82) is 0 Å². The summed E-state index contributed by atoms with van der Waals surface area (Å²) in [6, 6.07) is 5.49. The lowest BCUT2D eigenvalue weighted by molar-refractivity contribution is 0.102. The summed E-state index contributed by atoms with van der Waals surface area (Å²) in [6.07, 6.45) is 0. The second-order valence-electron chi connectivity index (χ2n) is 3.48. The fourth-order valence-electron chi connectivity index (χ4n) is 1.48. The van der Waals surface area contributed by atoms with Crippen LogP contribution in [0.3, 0.4) is 0 Å². The lowest BCUT2D eigenvalue weighted by Crippen LogP contribution is -2.12. The molecule has 1 heterocycles. The molecular weight excluding hydrogens is 236 g/mol. The Balaban J connectivity index is 2.17. The second-order valence-corrected chi connectivity index (χ2v) is 4.31. The number of carbonyl (C=O) groups excluding carboxylic acids is 1. The minimum absolute atomic E-state index is 0.174. The molecule has 2 aromatic rings. The van der Waals surface area contributed by atoms with Crippen LogP contribution in [0.15, 0.2) is 23.7 Å². The van der Waals surface area contributed by atoms with E-state index >= 15 is 0 Å². The van der Waals surface area contributed by atoms with Gasteiger partial charge < -0.3 is 5.32 Å². The Kier molecular flexibility index (Phi) is 3.34. The normalized spacial score (nSPS) is 10.0. The third-order valence-corrected chi connectivity index (χ3v) is 2.95. The van der Waals surface area contributed by atoms with Gasteiger partial charge in [0.05, 0.1) is 0 Å².